The molecular weight excluding hydrogens is 181 g/mol. The molecule has 4 heteroatoms. The van der Waals surface area contributed by atoms with Crippen LogP contribution in [0.3, 0.4) is 0 Å². The molecule has 0 aliphatic heterocycles. The number of benzene rings is 1. The van der Waals surface area contributed by atoms with E-state index in [0.717, 1.165) is 0 Å². The summed E-state index contributed by atoms with van der Waals surface area (Å²) < 4.78 is 24.6. The predicted octanol–water partition coefficient (Wildman–Crippen LogP) is 3.07. The van der Waals surface area contributed by atoms with Crippen LogP contribution in [0.25, 0.3) is 0 Å². The Balaban J connectivity index is 3.28. The van der Waals surface area contributed by atoms with E-state index < -0.39 is 11.6 Å². The van der Waals surface area contributed by atoms with E-state index in [1.54, 1.807) is 0 Å². The van der Waals surface area contributed by atoms with E-state index in [9.17, 15) is 8.78 Å². The van der Waals surface area contributed by atoms with Gasteiger partial charge in [-0.05, 0) is 0 Å². The topological polar surface area (TPSA) is 0 Å². The van der Waals surface area contributed by atoms with Gasteiger partial charge in [-0.3, -0.25) is 0 Å². The molecule has 0 bridgehead atoms. The van der Waals surface area contributed by atoms with Crippen molar-refractivity contribution in [2.24, 2.45) is 0 Å². The first kappa shape index (κ1) is 7.76. The number of rotatable bonds is 0. The van der Waals surface area contributed by atoms with Crippen molar-refractivity contribution in [3.8, 4) is 0 Å². The SMILES string of the molecule is Fc1cc(F)c(Cl)[c]c1Cl. The summed E-state index contributed by atoms with van der Waals surface area (Å²) in [5.74, 6) is -1.72. The molecule has 0 spiro atoms. The number of halogens is 4. The summed E-state index contributed by atoms with van der Waals surface area (Å²) in [6, 6.07) is 2.70. The van der Waals surface area contributed by atoms with E-state index in [1.165, 1.54) is 0 Å². The highest BCUT2D eigenvalue weighted by molar-refractivity contribution is 6.34. The van der Waals surface area contributed by atoms with Crippen molar-refractivity contribution in [2.75, 3.05) is 0 Å². The fraction of sp³-hybridized carbons (Fsp3) is 0. The van der Waals surface area contributed by atoms with Crippen LogP contribution in [-0.2, 0) is 0 Å². The molecule has 0 fully saturated rings. The summed E-state index contributed by atoms with van der Waals surface area (Å²) in [5, 5.41) is -0.599. The van der Waals surface area contributed by atoms with E-state index >= 15 is 0 Å². The third-order valence-corrected chi connectivity index (χ3v) is 1.44. The van der Waals surface area contributed by atoms with Crippen molar-refractivity contribution in [3.63, 3.8) is 0 Å². The Labute approximate surface area is 66.4 Å². The van der Waals surface area contributed by atoms with Crippen LogP contribution in [-0.4, -0.2) is 0 Å². The van der Waals surface area contributed by atoms with Crippen molar-refractivity contribution in [1.29, 1.82) is 0 Å². The van der Waals surface area contributed by atoms with Gasteiger partial charge in [0.2, 0.25) is 0 Å². The van der Waals surface area contributed by atoms with Gasteiger partial charge in [0.15, 0.2) is 0 Å². The highest BCUT2D eigenvalue weighted by Crippen LogP contribution is 2.21. The number of hydrogen-bond donors (Lipinski definition) is 0. The van der Waals surface area contributed by atoms with Crippen molar-refractivity contribution in [2.45, 2.75) is 0 Å². The van der Waals surface area contributed by atoms with Crippen molar-refractivity contribution < 1.29 is 8.78 Å². The lowest BCUT2D eigenvalue weighted by Crippen LogP contribution is -1.82. The van der Waals surface area contributed by atoms with Crippen LogP contribution in [0.1, 0.15) is 0 Å². The molecule has 1 radical (unpaired) electrons. The molecule has 0 N–H and O–H groups in total. The molecule has 1 rings (SSSR count). The van der Waals surface area contributed by atoms with Gasteiger partial charge >= 0.3 is 0 Å². The maximum absolute atomic E-state index is 12.3. The first-order valence-electron chi connectivity index (χ1n) is 2.33. The molecule has 10 heavy (non-hydrogen) atoms. The third kappa shape index (κ3) is 1.39. The van der Waals surface area contributed by atoms with Gasteiger partial charge in [-0.15, -0.1) is 0 Å². The maximum atomic E-state index is 12.3. The van der Waals surface area contributed by atoms with E-state index in [1.807, 2.05) is 0 Å². The second-order valence-electron chi connectivity index (χ2n) is 1.59. The Bertz CT molecular complexity index is 210. The first-order chi connectivity index (χ1) is 4.61. The molecule has 0 nitrogen and oxygen atoms in total. The van der Waals surface area contributed by atoms with Gasteiger partial charge in [-0.2, -0.15) is 0 Å². The Hall–Kier alpha value is -0.340. The lowest BCUT2D eigenvalue weighted by Gasteiger charge is -1.94. The molecule has 53 valence electrons. The maximum Gasteiger partial charge on any atom is 0.145 e. The molecule has 0 atom stereocenters. The van der Waals surface area contributed by atoms with Crippen LogP contribution in [0.5, 0.6) is 0 Å². The van der Waals surface area contributed by atoms with Gasteiger partial charge < -0.3 is 0 Å². The van der Waals surface area contributed by atoms with Gasteiger partial charge in [0.25, 0.3) is 0 Å². The molecule has 0 aromatic heterocycles. The quantitative estimate of drug-likeness (QED) is 0.540. The molecule has 0 amide bonds. The van der Waals surface area contributed by atoms with Crippen LogP contribution in [0.2, 0.25) is 10.0 Å². The normalized spacial score (nSPS) is 10.0. The minimum atomic E-state index is -0.858. The largest absolute Gasteiger partial charge is 0.205 e. The van der Waals surface area contributed by atoms with Crippen molar-refractivity contribution in [1.82, 2.24) is 0 Å². The van der Waals surface area contributed by atoms with Crippen molar-refractivity contribution in [3.05, 3.63) is 33.8 Å². The highest BCUT2D eigenvalue weighted by Gasteiger charge is 2.05. The Kier molecular flexibility index (Phi) is 2.11. The first-order valence-corrected chi connectivity index (χ1v) is 3.09. The fourth-order valence-electron chi connectivity index (χ4n) is 0.454. The van der Waals surface area contributed by atoms with E-state index in [2.05, 4.69) is 6.07 Å². The van der Waals surface area contributed by atoms with Crippen molar-refractivity contribution >= 4 is 23.2 Å². The minimum absolute atomic E-state index is 0.300. The molecule has 0 unspecified atom stereocenters. The molecule has 0 aliphatic rings. The lowest BCUT2D eigenvalue weighted by atomic mass is 10.3. The monoisotopic (exact) mass is 181 g/mol. The zero-order valence-corrected chi connectivity index (χ0v) is 6.10. The molecule has 1 aromatic carbocycles. The Morgan fingerprint density at radius 2 is 1.50 bits per heavy atom. The average molecular weight is 182 g/mol. The van der Waals surface area contributed by atoms with Crippen LogP contribution in [0.15, 0.2) is 6.07 Å². The summed E-state index contributed by atoms with van der Waals surface area (Å²) in [6.07, 6.45) is 0. The summed E-state index contributed by atoms with van der Waals surface area (Å²) >= 11 is 10.4. The molecule has 0 aliphatic carbocycles. The Morgan fingerprint density at radius 1 is 1.10 bits per heavy atom. The minimum Gasteiger partial charge on any atom is -0.205 e. The van der Waals surface area contributed by atoms with Gasteiger partial charge in [-0.25, -0.2) is 8.78 Å². The number of hydrogen-bond acceptors (Lipinski definition) is 0. The average Bonchev–Trinajstić information content (AvgIpc) is 1.84. The van der Waals surface area contributed by atoms with Gasteiger partial charge in [0.05, 0.1) is 10.0 Å². The zero-order chi connectivity index (χ0) is 7.72. The summed E-state index contributed by atoms with van der Waals surface area (Å²) in [5.41, 5.74) is 0. The summed E-state index contributed by atoms with van der Waals surface area (Å²) in [6.45, 7) is 0. The van der Waals surface area contributed by atoms with Gasteiger partial charge in [0, 0.05) is 12.1 Å². The van der Waals surface area contributed by atoms with E-state index in [4.69, 9.17) is 23.2 Å². The van der Waals surface area contributed by atoms with Crippen LogP contribution in [0.4, 0.5) is 8.78 Å². The molecule has 1 aromatic rings. The summed E-state index contributed by atoms with van der Waals surface area (Å²) in [7, 11) is 0. The Morgan fingerprint density at radius 3 is 1.80 bits per heavy atom. The fourth-order valence-corrected chi connectivity index (χ4v) is 0.800. The molecular formula is C6HCl2F2. The molecule has 0 saturated heterocycles. The highest BCUT2D eigenvalue weighted by atomic mass is 35.5. The van der Waals surface area contributed by atoms with E-state index in [0.29, 0.717) is 6.07 Å². The van der Waals surface area contributed by atoms with Crippen LogP contribution >= 0.6 is 23.2 Å². The van der Waals surface area contributed by atoms with Gasteiger partial charge in [0.1, 0.15) is 11.6 Å². The standard InChI is InChI=1S/C6HCl2F2/c7-3-1-4(8)6(10)2-5(3)9/h2H. The second kappa shape index (κ2) is 2.72. The summed E-state index contributed by atoms with van der Waals surface area (Å²) in [4.78, 5) is 0. The van der Waals surface area contributed by atoms with E-state index in [-0.39, 0.29) is 10.0 Å². The smallest absolute Gasteiger partial charge is 0.145 e. The van der Waals surface area contributed by atoms with Crippen LogP contribution < -0.4 is 0 Å². The molecule has 0 saturated carbocycles. The predicted molar refractivity (Wildman–Crippen MR) is 35.2 cm³/mol. The third-order valence-electron chi connectivity index (χ3n) is 0.892. The van der Waals surface area contributed by atoms with Gasteiger partial charge in [-0.1, -0.05) is 23.2 Å². The zero-order valence-electron chi connectivity index (χ0n) is 4.59. The second-order valence-corrected chi connectivity index (χ2v) is 2.35. The molecule has 0 heterocycles. The van der Waals surface area contributed by atoms with Crippen LogP contribution in [0, 0.1) is 17.7 Å². The lowest BCUT2D eigenvalue weighted by molar-refractivity contribution is 0.583.